The molecule has 1 unspecified atom stereocenters. The number of carbonyl (C=O) groups is 2. The molecule has 0 saturated heterocycles. The number of esters is 1. The lowest BCUT2D eigenvalue weighted by atomic mass is 10.1. The van der Waals surface area contributed by atoms with E-state index in [1.54, 1.807) is 36.0 Å². The molecule has 6 heteroatoms. The van der Waals surface area contributed by atoms with E-state index in [-0.39, 0.29) is 19.1 Å². The van der Waals surface area contributed by atoms with Crippen LogP contribution in [0.15, 0.2) is 54.6 Å². The maximum absolute atomic E-state index is 12.4. The number of hydrogen-bond acceptors (Lipinski definition) is 5. The van der Waals surface area contributed by atoms with Crippen LogP contribution >= 0.6 is 11.8 Å². The molecule has 5 nitrogen and oxygen atoms in total. The third kappa shape index (κ3) is 6.98. The lowest BCUT2D eigenvalue weighted by molar-refractivity contribution is -0.146. The molecule has 0 bridgehead atoms. The molecule has 0 aromatic heterocycles. The van der Waals surface area contributed by atoms with Crippen LogP contribution in [-0.4, -0.2) is 43.1 Å². The van der Waals surface area contributed by atoms with E-state index >= 15 is 0 Å². The largest absolute Gasteiger partial charge is 0.490 e. The molecule has 1 amide bonds. The minimum absolute atomic E-state index is 0.129. The second kappa shape index (κ2) is 11.3. The van der Waals surface area contributed by atoms with Crippen molar-refractivity contribution in [2.45, 2.75) is 19.4 Å². The first kappa shape index (κ1) is 20.8. The van der Waals surface area contributed by atoms with Gasteiger partial charge in [-0.25, -0.2) is 4.79 Å². The zero-order chi connectivity index (χ0) is 19.5. The standard InChI is InChI=1S/C21H25NO4S/c1-16-8-6-7-11-19(16)25-13-14-26-21(24)18(12-15-27-2)22-20(23)17-9-4-3-5-10-17/h3-11,18H,12-15H2,1-2H3,(H,22,23). The predicted molar refractivity (Wildman–Crippen MR) is 108 cm³/mol. The molecular formula is C21H25NO4S. The van der Waals surface area contributed by atoms with Crippen molar-refractivity contribution in [1.29, 1.82) is 0 Å². The van der Waals surface area contributed by atoms with Crippen LogP contribution in [0.5, 0.6) is 5.75 Å². The SMILES string of the molecule is CSCCC(NC(=O)c1ccccc1)C(=O)OCCOc1ccccc1C. The summed E-state index contributed by atoms with van der Waals surface area (Å²) in [5.74, 6) is 0.788. The van der Waals surface area contributed by atoms with Gasteiger partial charge in [-0.15, -0.1) is 0 Å². The molecular weight excluding hydrogens is 362 g/mol. The lowest BCUT2D eigenvalue weighted by Gasteiger charge is -2.17. The second-order valence-electron chi connectivity index (χ2n) is 5.96. The van der Waals surface area contributed by atoms with Gasteiger partial charge >= 0.3 is 5.97 Å². The minimum atomic E-state index is -0.677. The molecule has 0 saturated carbocycles. The van der Waals surface area contributed by atoms with Gasteiger partial charge in [-0.1, -0.05) is 36.4 Å². The number of benzene rings is 2. The van der Waals surface area contributed by atoms with Gasteiger partial charge in [0, 0.05) is 5.56 Å². The van der Waals surface area contributed by atoms with Gasteiger partial charge < -0.3 is 14.8 Å². The summed E-state index contributed by atoms with van der Waals surface area (Å²) in [6.45, 7) is 2.35. The van der Waals surface area contributed by atoms with Gasteiger partial charge in [0.15, 0.2) is 0 Å². The predicted octanol–water partition coefficient (Wildman–Crippen LogP) is 3.47. The van der Waals surface area contributed by atoms with Crippen LogP contribution in [0.3, 0.4) is 0 Å². The number of thioether (sulfide) groups is 1. The quantitative estimate of drug-likeness (QED) is 0.500. The maximum atomic E-state index is 12.4. The van der Waals surface area contributed by atoms with Gasteiger partial charge in [0.2, 0.25) is 0 Å². The Hall–Kier alpha value is -2.47. The van der Waals surface area contributed by atoms with E-state index in [1.807, 2.05) is 43.5 Å². The normalized spacial score (nSPS) is 11.5. The Morgan fingerprint density at radius 1 is 1.04 bits per heavy atom. The van der Waals surface area contributed by atoms with Gasteiger partial charge in [0.1, 0.15) is 25.0 Å². The third-order valence-electron chi connectivity index (χ3n) is 3.92. The highest BCUT2D eigenvalue weighted by atomic mass is 32.2. The van der Waals surface area contributed by atoms with Crippen molar-refractivity contribution in [3.63, 3.8) is 0 Å². The van der Waals surface area contributed by atoms with E-state index in [2.05, 4.69) is 5.32 Å². The zero-order valence-corrected chi connectivity index (χ0v) is 16.5. The van der Waals surface area contributed by atoms with E-state index in [9.17, 15) is 9.59 Å². The summed E-state index contributed by atoms with van der Waals surface area (Å²) in [5, 5.41) is 2.77. The average molecular weight is 388 g/mol. The summed E-state index contributed by atoms with van der Waals surface area (Å²) in [7, 11) is 0. The van der Waals surface area contributed by atoms with Crippen molar-refractivity contribution in [2.75, 3.05) is 25.2 Å². The summed E-state index contributed by atoms with van der Waals surface area (Å²) >= 11 is 1.61. The molecule has 2 aromatic rings. The molecule has 1 N–H and O–H groups in total. The number of carbonyl (C=O) groups excluding carboxylic acids is 2. The van der Waals surface area contributed by atoms with Crippen LogP contribution in [0.1, 0.15) is 22.3 Å². The average Bonchev–Trinajstić information content (AvgIpc) is 2.70. The molecule has 27 heavy (non-hydrogen) atoms. The molecule has 144 valence electrons. The minimum Gasteiger partial charge on any atom is -0.490 e. The van der Waals surface area contributed by atoms with Crippen LogP contribution < -0.4 is 10.1 Å². The Bertz CT molecular complexity index is 736. The highest BCUT2D eigenvalue weighted by molar-refractivity contribution is 7.98. The first-order valence-electron chi connectivity index (χ1n) is 8.81. The summed E-state index contributed by atoms with van der Waals surface area (Å²) < 4.78 is 10.9. The van der Waals surface area contributed by atoms with Gasteiger partial charge in [-0.3, -0.25) is 4.79 Å². The third-order valence-corrected chi connectivity index (χ3v) is 4.56. The first-order valence-corrected chi connectivity index (χ1v) is 10.2. The van der Waals surface area contributed by atoms with Crippen LogP contribution in [-0.2, 0) is 9.53 Å². The van der Waals surface area contributed by atoms with E-state index in [0.717, 1.165) is 17.1 Å². The highest BCUT2D eigenvalue weighted by Crippen LogP contribution is 2.15. The van der Waals surface area contributed by atoms with Gasteiger partial charge in [0.05, 0.1) is 0 Å². The van der Waals surface area contributed by atoms with E-state index in [1.165, 1.54) is 0 Å². The number of aryl methyl sites for hydroxylation is 1. The number of rotatable bonds is 10. The fraction of sp³-hybridized carbons (Fsp3) is 0.333. The smallest absolute Gasteiger partial charge is 0.328 e. The van der Waals surface area contributed by atoms with E-state index in [0.29, 0.717) is 12.0 Å². The molecule has 0 aliphatic heterocycles. The fourth-order valence-corrected chi connectivity index (χ4v) is 2.90. The summed E-state index contributed by atoms with van der Waals surface area (Å²) in [6.07, 6.45) is 2.47. The van der Waals surface area contributed by atoms with Crippen molar-refractivity contribution in [2.24, 2.45) is 0 Å². The summed E-state index contributed by atoms with van der Waals surface area (Å²) in [4.78, 5) is 24.7. The van der Waals surface area contributed by atoms with Crippen molar-refractivity contribution in [1.82, 2.24) is 5.32 Å². The number of hydrogen-bond donors (Lipinski definition) is 1. The Morgan fingerprint density at radius 3 is 2.44 bits per heavy atom. The van der Waals surface area contributed by atoms with Crippen LogP contribution in [0.4, 0.5) is 0 Å². The van der Waals surface area contributed by atoms with Crippen LogP contribution in [0.2, 0.25) is 0 Å². The highest BCUT2D eigenvalue weighted by Gasteiger charge is 2.22. The van der Waals surface area contributed by atoms with Crippen LogP contribution in [0.25, 0.3) is 0 Å². The number of para-hydroxylation sites is 1. The fourth-order valence-electron chi connectivity index (χ4n) is 2.43. The Labute approximate surface area is 164 Å². The molecule has 0 spiro atoms. The van der Waals surface area contributed by atoms with Gasteiger partial charge in [-0.05, 0) is 49.1 Å². The number of amides is 1. The molecule has 2 rings (SSSR count). The number of ether oxygens (including phenoxy) is 2. The van der Waals surface area contributed by atoms with E-state index < -0.39 is 12.0 Å². The Morgan fingerprint density at radius 2 is 1.74 bits per heavy atom. The van der Waals surface area contributed by atoms with Crippen molar-refractivity contribution < 1.29 is 19.1 Å². The summed E-state index contributed by atoms with van der Waals surface area (Å²) in [5.41, 5.74) is 1.54. The Kier molecular flexibility index (Phi) is 8.71. The van der Waals surface area contributed by atoms with Crippen molar-refractivity contribution >= 4 is 23.6 Å². The molecule has 0 fully saturated rings. The number of nitrogens with one attached hydrogen (secondary N) is 1. The van der Waals surface area contributed by atoms with Gasteiger partial charge in [-0.2, -0.15) is 11.8 Å². The molecule has 0 aliphatic rings. The molecule has 2 aromatic carbocycles. The Balaban J connectivity index is 1.84. The topological polar surface area (TPSA) is 64.6 Å². The molecule has 0 radical (unpaired) electrons. The van der Waals surface area contributed by atoms with E-state index in [4.69, 9.17) is 9.47 Å². The molecule has 1 atom stereocenters. The second-order valence-corrected chi connectivity index (χ2v) is 6.94. The molecule has 0 heterocycles. The van der Waals surface area contributed by atoms with Crippen molar-refractivity contribution in [3.8, 4) is 5.75 Å². The van der Waals surface area contributed by atoms with Crippen molar-refractivity contribution in [3.05, 3.63) is 65.7 Å². The van der Waals surface area contributed by atoms with Gasteiger partial charge in [0.25, 0.3) is 5.91 Å². The lowest BCUT2D eigenvalue weighted by Crippen LogP contribution is -2.42. The summed E-state index contributed by atoms with van der Waals surface area (Å²) in [6, 6.07) is 15.8. The maximum Gasteiger partial charge on any atom is 0.328 e. The zero-order valence-electron chi connectivity index (χ0n) is 15.6. The monoisotopic (exact) mass is 387 g/mol. The first-order chi connectivity index (χ1) is 13.1. The van der Waals surface area contributed by atoms with Crippen LogP contribution in [0, 0.1) is 6.92 Å². The molecule has 0 aliphatic carbocycles.